The molecule has 0 aliphatic heterocycles. The quantitative estimate of drug-likeness (QED) is 0.180. The van der Waals surface area contributed by atoms with E-state index in [1.807, 2.05) is 66.7 Å². The Morgan fingerprint density at radius 1 is 0.420 bits per heavy atom. The van der Waals surface area contributed by atoms with Gasteiger partial charge in [0.1, 0.15) is 16.8 Å². The highest BCUT2D eigenvalue weighted by molar-refractivity contribution is 6.30. The molecule has 6 nitrogen and oxygen atoms in total. The summed E-state index contributed by atoms with van der Waals surface area (Å²) in [7, 11) is 0. The van der Waals surface area contributed by atoms with E-state index in [1.54, 1.807) is 0 Å². The summed E-state index contributed by atoms with van der Waals surface area (Å²) < 4.78 is 8.32. The summed E-state index contributed by atoms with van der Waals surface area (Å²) in [6.45, 7) is 0. The Balaban J connectivity index is 1.21. The zero-order chi connectivity index (χ0) is 32.8. The van der Waals surface area contributed by atoms with E-state index in [-0.39, 0.29) is 0 Å². The van der Waals surface area contributed by atoms with Gasteiger partial charge in [0.2, 0.25) is 0 Å². The zero-order valence-corrected chi connectivity index (χ0v) is 26.6. The van der Waals surface area contributed by atoms with Crippen molar-refractivity contribution in [2.45, 2.75) is 0 Å². The molecule has 0 atom stereocenters. The number of aromatic nitrogens is 5. The number of para-hydroxylation sites is 1. The van der Waals surface area contributed by atoms with Crippen molar-refractivity contribution in [3.63, 3.8) is 0 Å². The fourth-order valence-corrected chi connectivity index (χ4v) is 7.51. The normalized spacial score (nSPS) is 12.0. The lowest BCUT2D eigenvalue weighted by Crippen LogP contribution is -2.00. The molecule has 6 heteroatoms. The molecule has 4 heterocycles. The number of rotatable bonds is 3. The van der Waals surface area contributed by atoms with E-state index in [1.165, 1.54) is 16.2 Å². The van der Waals surface area contributed by atoms with Crippen LogP contribution >= 0.6 is 0 Å². The van der Waals surface area contributed by atoms with E-state index < -0.39 is 0 Å². The van der Waals surface area contributed by atoms with Gasteiger partial charge in [0, 0.05) is 44.4 Å². The molecule has 11 rings (SSSR count). The second-order valence-electron chi connectivity index (χ2n) is 12.7. The molecule has 232 valence electrons. The summed E-state index contributed by atoms with van der Waals surface area (Å²) in [5.74, 6) is 1.84. The maximum absolute atomic E-state index is 6.13. The van der Waals surface area contributed by atoms with Crippen LogP contribution in [0, 0.1) is 0 Å². The van der Waals surface area contributed by atoms with Crippen molar-refractivity contribution >= 4 is 70.9 Å². The Labute approximate surface area is 284 Å². The average molecular weight is 640 g/mol. The number of fused-ring (bicyclic) bond motifs is 13. The first kappa shape index (κ1) is 27.1. The van der Waals surface area contributed by atoms with E-state index in [0.717, 1.165) is 71.5 Å². The monoisotopic (exact) mass is 639 g/mol. The van der Waals surface area contributed by atoms with E-state index in [0.29, 0.717) is 17.5 Å². The molecule has 50 heavy (non-hydrogen) atoms. The van der Waals surface area contributed by atoms with Gasteiger partial charge in [-0.1, -0.05) is 103 Å². The Bertz CT molecular complexity index is 3160. The number of hydrogen-bond donors (Lipinski definition) is 0. The smallest absolute Gasteiger partial charge is 0.164 e. The minimum atomic E-state index is 0.605. The van der Waals surface area contributed by atoms with Gasteiger partial charge in [-0.25, -0.2) is 19.9 Å². The lowest BCUT2D eigenvalue weighted by molar-refractivity contribution is 0.669. The summed E-state index contributed by atoms with van der Waals surface area (Å²) in [5, 5.41) is 9.01. The molecule has 0 spiro atoms. The van der Waals surface area contributed by atoms with Crippen molar-refractivity contribution in [2.75, 3.05) is 0 Å². The van der Waals surface area contributed by atoms with Gasteiger partial charge in [-0.2, -0.15) is 0 Å². The molecule has 0 bridgehead atoms. The van der Waals surface area contributed by atoms with E-state index in [4.69, 9.17) is 24.4 Å². The molecule has 0 saturated carbocycles. The Hall–Kier alpha value is -6.92. The van der Waals surface area contributed by atoms with Gasteiger partial charge in [-0.3, -0.25) is 4.40 Å². The molecule has 0 saturated heterocycles. The molecule has 0 aliphatic rings. The van der Waals surface area contributed by atoms with Crippen LogP contribution in [0.25, 0.3) is 105 Å². The van der Waals surface area contributed by atoms with Crippen LogP contribution in [0.3, 0.4) is 0 Å². The highest BCUT2D eigenvalue weighted by Gasteiger charge is 2.19. The fourth-order valence-electron chi connectivity index (χ4n) is 7.51. The molecule has 0 unspecified atom stereocenters. The third kappa shape index (κ3) is 3.96. The lowest BCUT2D eigenvalue weighted by Gasteiger charge is -2.13. The first-order chi connectivity index (χ1) is 24.8. The summed E-state index contributed by atoms with van der Waals surface area (Å²) in [5.41, 5.74) is 7.43. The predicted molar refractivity (Wildman–Crippen MR) is 202 cm³/mol. The molecule has 0 N–H and O–H groups in total. The first-order valence-electron chi connectivity index (χ1n) is 16.6. The standard InChI is InChI=1S/C44H25N5O/c1-2-11-27(12-3-1)42-46-43(48-44(47-42)29-19-22-37-34(24-29)31-14-6-7-15-36(31)50-37)28-18-20-32-35(25-28)39-30-13-5-4-10-26(30)17-21-33(39)40-41(32)49-23-9-8-16-38(49)45-40/h1-25H. The fraction of sp³-hybridized carbons (Fsp3) is 0. The van der Waals surface area contributed by atoms with Crippen molar-refractivity contribution in [3.8, 4) is 34.2 Å². The maximum Gasteiger partial charge on any atom is 0.164 e. The van der Waals surface area contributed by atoms with E-state index in [9.17, 15) is 0 Å². The number of pyridine rings is 1. The Morgan fingerprint density at radius 2 is 1.08 bits per heavy atom. The third-order valence-electron chi connectivity index (χ3n) is 9.82. The van der Waals surface area contributed by atoms with Crippen molar-refractivity contribution < 1.29 is 4.42 Å². The lowest BCUT2D eigenvalue weighted by atomic mass is 9.93. The molecule has 7 aromatic carbocycles. The second kappa shape index (κ2) is 10.3. The first-order valence-corrected chi connectivity index (χ1v) is 16.6. The third-order valence-corrected chi connectivity index (χ3v) is 9.82. The second-order valence-corrected chi connectivity index (χ2v) is 12.7. The number of hydrogen-bond acceptors (Lipinski definition) is 5. The minimum absolute atomic E-state index is 0.605. The van der Waals surface area contributed by atoms with Crippen molar-refractivity contribution in [2.24, 2.45) is 0 Å². The number of imidazole rings is 1. The van der Waals surface area contributed by atoms with Gasteiger partial charge in [-0.05, 0) is 64.0 Å². The van der Waals surface area contributed by atoms with Crippen molar-refractivity contribution in [1.82, 2.24) is 24.3 Å². The van der Waals surface area contributed by atoms with Crippen molar-refractivity contribution in [1.29, 1.82) is 0 Å². The van der Waals surface area contributed by atoms with Crippen LogP contribution in [0.5, 0.6) is 0 Å². The van der Waals surface area contributed by atoms with Gasteiger partial charge < -0.3 is 4.42 Å². The Morgan fingerprint density at radius 3 is 1.94 bits per heavy atom. The Kier molecular flexibility index (Phi) is 5.57. The average Bonchev–Trinajstić information content (AvgIpc) is 3.76. The zero-order valence-electron chi connectivity index (χ0n) is 26.6. The van der Waals surface area contributed by atoms with Crippen LogP contribution in [-0.2, 0) is 0 Å². The molecular weight excluding hydrogens is 615 g/mol. The summed E-state index contributed by atoms with van der Waals surface area (Å²) in [6.07, 6.45) is 2.09. The van der Waals surface area contributed by atoms with Gasteiger partial charge in [-0.15, -0.1) is 0 Å². The summed E-state index contributed by atoms with van der Waals surface area (Å²) >= 11 is 0. The van der Waals surface area contributed by atoms with Gasteiger partial charge in [0.05, 0.1) is 11.0 Å². The number of benzene rings is 7. The van der Waals surface area contributed by atoms with Crippen LogP contribution in [0.2, 0.25) is 0 Å². The van der Waals surface area contributed by atoms with Gasteiger partial charge in [0.25, 0.3) is 0 Å². The van der Waals surface area contributed by atoms with Crippen LogP contribution in [-0.4, -0.2) is 24.3 Å². The SMILES string of the molecule is c1ccc(-c2nc(-c3ccc4oc5ccccc5c4c3)nc(-c3ccc4c(c3)c3c5ccccc5ccc3c3nc5ccccn5c43)n2)cc1. The van der Waals surface area contributed by atoms with Crippen LogP contribution in [0.4, 0.5) is 0 Å². The van der Waals surface area contributed by atoms with Gasteiger partial charge in [0.15, 0.2) is 17.5 Å². The van der Waals surface area contributed by atoms with Crippen LogP contribution < -0.4 is 0 Å². The van der Waals surface area contributed by atoms with Crippen molar-refractivity contribution in [3.05, 3.63) is 152 Å². The summed E-state index contributed by atoms with van der Waals surface area (Å²) in [6, 6.07) is 50.1. The molecule has 11 aromatic rings. The maximum atomic E-state index is 6.13. The van der Waals surface area contributed by atoms with E-state index in [2.05, 4.69) is 89.5 Å². The number of furan rings is 1. The molecule has 0 aliphatic carbocycles. The largest absolute Gasteiger partial charge is 0.456 e. The molecule has 4 aromatic heterocycles. The topological polar surface area (TPSA) is 69.1 Å². The van der Waals surface area contributed by atoms with Gasteiger partial charge >= 0.3 is 0 Å². The highest BCUT2D eigenvalue weighted by Crippen LogP contribution is 2.41. The number of nitrogens with zero attached hydrogens (tertiary/aromatic N) is 5. The highest BCUT2D eigenvalue weighted by atomic mass is 16.3. The molecule has 0 radical (unpaired) electrons. The predicted octanol–water partition coefficient (Wildman–Crippen LogP) is 11.0. The van der Waals surface area contributed by atoms with Crippen LogP contribution in [0.15, 0.2) is 156 Å². The van der Waals surface area contributed by atoms with Crippen LogP contribution in [0.1, 0.15) is 0 Å². The van der Waals surface area contributed by atoms with E-state index >= 15 is 0 Å². The molecular formula is C44H25N5O. The summed E-state index contributed by atoms with van der Waals surface area (Å²) in [4.78, 5) is 20.4. The minimum Gasteiger partial charge on any atom is -0.456 e. The molecule has 0 fully saturated rings. The molecule has 0 amide bonds.